The van der Waals surface area contributed by atoms with E-state index in [-0.39, 0.29) is 17.6 Å². The number of nitrogens with one attached hydrogen (secondary N) is 2. The Bertz CT molecular complexity index is 619. The highest BCUT2D eigenvalue weighted by Crippen LogP contribution is 2.18. The van der Waals surface area contributed by atoms with Crippen LogP contribution in [-0.4, -0.2) is 10.6 Å². The van der Waals surface area contributed by atoms with Crippen molar-refractivity contribution in [3.05, 3.63) is 51.1 Å². The van der Waals surface area contributed by atoms with Gasteiger partial charge in [-0.25, -0.2) is 4.79 Å². The topological polar surface area (TPSA) is 63.1 Å². The third-order valence-corrected chi connectivity index (χ3v) is 3.72. The molecule has 0 fully saturated rings. The summed E-state index contributed by atoms with van der Waals surface area (Å²) in [7, 11) is 1.64. The number of anilines is 1. The third kappa shape index (κ3) is 3.45. The molecule has 2 aromatic heterocycles. The number of aromatic nitrogens is 1. The summed E-state index contributed by atoms with van der Waals surface area (Å²) < 4.78 is 1.41. The standard InChI is InChI=1S/C13H15N3O2S/c1-9(11-4-3-7-19-11)14-13(18)15-10-5-6-12(17)16(2)8-10/h3-9H,1-2H3,(H2,14,15,18). The van der Waals surface area contributed by atoms with Crippen molar-refractivity contribution in [1.29, 1.82) is 0 Å². The molecule has 2 N–H and O–H groups in total. The fourth-order valence-electron chi connectivity index (χ4n) is 1.64. The van der Waals surface area contributed by atoms with Crippen LogP contribution in [0.5, 0.6) is 0 Å². The van der Waals surface area contributed by atoms with Gasteiger partial charge in [-0.05, 0) is 24.4 Å². The highest BCUT2D eigenvalue weighted by molar-refractivity contribution is 7.10. The summed E-state index contributed by atoms with van der Waals surface area (Å²) in [5, 5.41) is 7.51. The van der Waals surface area contributed by atoms with E-state index in [1.54, 1.807) is 30.6 Å². The normalized spacial score (nSPS) is 11.9. The van der Waals surface area contributed by atoms with E-state index in [0.717, 1.165) is 4.88 Å². The number of hydrogen-bond acceptors (Lipinski definition) is 3. The molecule has 2 rings (SSSR count). The Morgan fingerprint density at radius 1 is 1.37 bits per heavy atom. The lowest BCUT2D eigenvalue weighted by molar-refractivity contribution is 0.249. The average Bonchev–Trinajstić information content (AvgIpc) is 2.87. The van der Waals surface area contributed by atoms with Crippen LogP contribution in [0.15, 0.2) is 40.6 Å². The van der Waals surface area contributed by atoms with Gasteiger partial charge in [-0.2, -0.15) is 0 Å². The number of aryl methyl sites for hydroxylation is 1. The monoisotopic (exact) mass is 277 g/mol. The van der Waals surface area contributed by atoms with Crippen molar-refractivity contribution < 1.29 is 4.79 Å². The van der Waals surface area contributed by atoms with Crippen LogP contribution < -0.4 is 16.2 Å². The summed E-state index contributed by atoms with van der Waals surface area (Å²) in [5.74, 6) is 0. The molecule has 0 bridgehead atoms. The summed E-state index contributed by atoms with van der Waals surface area (Å²) in [6, 6.07) is 6.58. The maximum atomic E-state index is 11.8. The second kappa shape index (κ2) is 5.71. The number of nitrogens with zero attached hydrogens (tertiary/aromatic N) is 1. The Morgan fingerprint density at radius 3 is 2.79 bits per heavy atom. The molecule has 2 heterocycles. The lowest BCUT2D eigenvalue weighted by Crippen LogP contribution is -2.31. The number of hydrogen-bond donors (Lipinski definition) is 2. The third-order valence-electron chi connectivity index (χ3n) is 2.66. The van der Waals surface area contributed by atoms with Crippen molar-refractivity contribution >= 4 is 23.1 Å². The number of carbonyl (C=O) groups is 1. The maximum Gasteiger partial charge on any atom is 0.319 e. The summed E-state index contributed by atoms with van der Waals surface area (Å²) >= 11 is 1.60. The van der Waals surface area contributed by atoms with Crippen LogP contribution >= 0.6 is 11.3 Å². The minimum atomic E-state index is -0.292. The van der Waals surface area contributed by atoms with Crippen LogP contribution in [-0.2, 0) is 7.05 Å². The zero-order valence-electron chi connectivity index (χ0n) is 10.7. The van der Waals surface area contributed by atoms with E-state index < -0.39 is 0 Å². The lowest BCUT2D eigenvalue weighted by atomic mass is 10.3. The van der Waals surface area contributed by atoms with Crippen molar-refractivity contribution in [2.45, 2.75) is 13.0 Å². The molecule has 100 valence electrons. The Labute approximate surface area is 114 Å². The fraction of sp³-hybridized carbons (Fsp3) is 0.231. The summed E-state index contributed by atoms with van der Waals surface area (Å²) in [6.45, 7) is 1.92. The molecule has 5 nitrogen and oxygen atoms in total. The molecule has 1 unspecified atom stereocenters. The molecule has 6 heteroatoms. The number of urea groups is 1. The van der Waals surface area contributed by atoms with Crippen LogP contribution in [0.2, 0.25) is 0 Å². The van der Waals surface area contributed by atoms with E-state index in [9.17, 15) is 9.59 Å². The number of carbonyl (C=O) groups excluding carboxylic acids is 1. The molecule has 2 aromatic rings. The first-order chi connectivity index (χ1) is 9.06. The van der Waals surface area contributed by atoms with Gasteiger partial charge in [0.15, 0.2) is 0 Å². The predicted octanol–water partition coefficient (Wildman–Crippen LogP) is 2.33. The quantitative estimate of drug-likeness (QED) is 0.904. The van der Waals surface area contributed by atoms with Gasteiger partial charge in [-0.15, -0.1) is 11.3 Å². The second-order valence-electron chi connectivity index (χ2n) is 4.20. The van der Waals surface area contributed by atoms with Gasteiger partial charge in [0.1, 0.15) is 0 Å². The molecule has 1 atom stereocenters. The number of thiophene rings is 1. The molecular weight excluding hydrogens is 262 g/mol. The minimum absolute atomic E-state index is 0.0486. The van der Waals surface area contributed by atoms with Crippen molar-refractivity contribution in [3.63, 3.8) is 0 Å². The molecule has 0 aliphatic rings. The maximum absolute atomic E-state index is 11.8. The van der Waals surface area contributed by atoms with Gasteiger partial charge < -0.3 is 15.2 Å². The molecule has 2 amide bonds. The number of rotatable bonds is 3. The first kappa shape index (κ1) is 13.4. The number of amides is 2. The molecule has 0 aliphatic heterocycles. The van der Waals surface area contributed by atoms with Crippen LogP contribution in [0.25, 0.3) is 0 Å². The Kier molecular flexibility index (Phi) is 4.01. The van der Waals surface area contributed by atoms with Gasteiger partial charge in [-0.3, -0.25) is 4.79 Å². The van der Waals surface area contributed by atoms with Crippen molar-refractivity contribution in [3.8, 4) is 0 Å². The van der Waals surface area contributed by atoms with Gasteiger partial charge in [0.2, 0.25) is 5.56 Å². The van der Waals surface area contributed by atoms with E-state index in [0.29, 0.717) is 5.69 Å². The van der Waals surface area contributed by atoms with Crippen molar-refractivity contribution in [2.24, 2.45) is 7.05 Å². The Morgan fingerprint density at radius 2 is 2.16 bits per heavy atom. The Hall–Kier alpha value is -2.08. The van der Waals surface area contributed by atoms with Gasteiger partial charge in [-0.1, -0.05) is 6.07 Å². The minimum Gasteiger partial charge on any atom is -0.331 e. The summed E-state index contributed by atoms with van der Waals surface area (Å²) in [6.07, 6.45) is 1.58. The van der Waals surface area contributed by atoms with Gasteiger partial charge in [0.25, 0.3) is 0 Å². The molecule has 0 saturated carbocycles. The summed E-state index contributed by atoms with van der Waals surface area (Å²) in [4.78, 5) is 24.1. The van der Waals surface area contributed by atoms with E-state index in [1.165, 1.54) is 10.6 Å². The predicted molar refractivity (Wildman–Crippen MR) is 76.6 cm³/mol. The zero-order chi connectivity index (χ0) is 13.8. The number of pyridine rings is 1. The highest BCUT2D eigenvalue weighted by atomic mass is 32.1. The van der Waals surface area contributed by atoms with Crippen molar-refractivity contribution in [2.75, 3.05) is 5.32 Å². The van der Waals surface area contributed by atoms with E-state index in [1.807, 2.05) is 24.4 Å². The smallest absolute Gasteiger partial charge is 0.319 e. The first-order valence-electron chi connectivity index (χ1n) is 5.84. The SMILES string of the molecule is CC(NC(=O)Nc1ccc(=O)n(C)c1)c1cccs1. The van der Waals surface area contributed by atoms with Gasteiger partial charge in [0, 0.05) is 24.2 Å². The van der Waals surface area contributed by atoms with Crippen LogP contribution in [0, 0.1) is 0 Å². The van der Waals surface area contributed by atoms with Crippen LogP contribution in [0.3, 0.4) is 0 Å². The fourth-order valence-corrected chi connectivity index (χ4v) is 2.37. The molecule has 19 heavy (non-hydrogen) atoms. The molecule has 0 radical (unpaired) electrons. The average molecular weight is 277 g/mol. The van der Waals surface area contributed by atoms with Gasteiger partial charge >= 0.3 is 6.03 Å². The largest absolute Gasteiger partial charge is 0.331 e. The Balaban J connectivity index is 1.97. The van der Waals surface area contributed by atoms with Crippen LogP contribution in [0.4, 0.5) is 10.5 Å². The zero-order valence-corrected chi connectivity index (χ0v) is 11.5. The molecule has 0 aliphatic carbocycles. The van der Waals surface area contributed by atoms with E-state index in [2.05, 4.69) is 10.6 Å². The van der Waals surface area contributed by atoms with E-state index >= 15 is 0 Å². The molecule has 0 aromatic carbocycles. The van der Waals surface area contributed by atoms with Crippen molar-refractivity contribution in [1.82, 2.24) is 9.88 Å². The molecule has 0 saturated heterocycles. The second-order valence-corrected chi connectivity index (χ2v) is 5.18. The van der Waals surface area contributed by atoms with Gasteiger partial charge in [0.05, 0.1) is 11.7 Å². The lowest BCUT2D eigenvalue weighted by Gasteiger charge is -2.13. The van der Waals surface area contributed by atoms with E-state index in [4.69, 9.17) is 0 Å². The first-order valence-corrected chi connectivity index (χ1v) is 6.72. The highest BCUT2D eigenvalue weighted by Gasteiger charge is 2.10. The summed E-state index contributed by atoms with van der Waals surface area (Å²) in [5.41, 5.74) is 0.468. The van der Waals surface area contributed by atoms with Crippen LogP contribution in [0.1, 0.15) is 17.8 Å². The molecular formula is C13H15N3O2S. The molecule has 0 spiro atoms.